The summed E-state index contributed by atoms with van der Waals surface area (Å²) < 4.78 is 0. The number of anilines is 1. The van der Waals surface area contributed by atoms with Crippen LogP contribution in [-0.4, -0.2) is 32.4 Å². The normalized spacial score (nSPS) is 10.1. The predicted molar refractivity (Wildman–Crippen MR) is 74.1 cm³/mol. The zero-order valence-electron chi connectivity index (χ0n) is 11.4. The first-order valence-corrected chi connectivity index (χ1v) is 6.31. The molecule has 0 radical (unpaired) electrons. The maximum absolute atomic E-state index is 11.9. The van der Waals surface area contributed by atoms with Crippen molar-refractivity contribution >= 4 is 11.7 Å². The van der Waals surface area contributed by atoms with Gasteiger partial charge in [0.2, 0.25) is 0 Å². The lowest BCUT2D eigenvalue weighted by Gasteiger charge is -2.05. The highest BCUT2D eigenvalue weighted by atomic mass is 16.1. The molecule has 2 aromatic heterocycles. The highest BCUT2D eigenvalue weighted by molar-refractivity contribution is 5.91. The molecule has 104 valence electrons. The van der Waals surface area contributed by atoms with E-state index in [1.165, 1.54) is 12.4 Å². The first kappa shape index (κ1) is 13.9. The maximum atomic E-state index is 11.9. The van der Waals surface area contributed by atoms with Gasteiger partial charge in [-0.25, -0.2) is 19.9 Å². The lowest BCUT2D eigenvalue weighted by atomic mass is 10.3. The molecule has 0 aliphatic heterocycles. The fraction of sp³-hybridized carbons (Fsp3) is 0.308. The Labute approximate surface area is 116 Å². The number of carbonyl (C=O) groups excluding carboxylic acids is 1. The van der Waals surface area contributed by atoms with Crippen LogP contribution in [0, 0.1) is 6.92 Å². The Hall–Kier alpha value is -2.57. The van der Waals surface area contributed by atoms with Crippen molar-refractivity contribution in [3.8, 4) is 0 Å². The topological polar surface area (TPSA) is 92.7 Å². The standard InChI is InChI=1S/C13H16N6O/c1-3-14-12-8-16-11(7-17-12)13(20)18-6-10-4-5-15-9(2)19-10/h4-5,7-8H,3,6H2,1-2H3,(H,14,17)(H,18,20). The van der Waals surface area contributed by atoms with Gasteiger partial charge < -0.3 is 10.6 Å². The zero-order chi connectivity index (χ0) is 14.4. The third-order valence-electron chi connectivity index (χ3n) is 2.51. The van der Waals surface area contributed by atoms with Gasteiger partial charge in [-0.15, -0.1) is 0 Å². The SMILES string of the molecule is CCNc1cnc(C(=O)NCc2ccnc(C)n2)cn1. The molecule has 0 aliphatic rings. The van der Waals surface area contributed by atoms with Crippen molar-refractivity contribution in [2.45, 2.75) is 20.4 Å². The highest BCUT2D eigenvalue weighted by Crippen LogP contribution is 2.01. The van der Waals surface area contributed by atoms with Crippen LogP contribution >= 0.6 is 0 Å². The summed E-state index contributed by atoms with van der Waals surface area (Å²) in [5.74, 6) is 1.04. The van der Waals surface area contributed by atoms with E-state index in [2.05, 4.69) is 30.6 Å². The fourth-order valence-corrected chi connectivity index (χ4v) is 1.58. The monoisotopic (exact) mass is 272 g/mol. The number of nitrogens with zero attached hydrogens (tertiary/aromatic N) is 4. The summed E-state index contributed by atoms with van der Waals surface area (Å²) in [6.07, 6.45) is 4.64. The van der Waals surface area contributed by atoms with Crippen LogP contribution in [0.3, 0.4) is 0 Å². The molecule has 7 heteroatoms. The molecule has 0 saturated carbocycles. The second-order valence-electron chi connectivity index (χ2n) is 4.10. The van der Waals surface area contributed by atoms with Crippen molar-refractivity contribution < 1.29 is 4.79 Å². The molecule has 0 aromatic carbocycles. The Morgan fingerprint density at radius 1 is 1.25 bits per heavy atom. The van der Waals surface area contributed by atoms with E-state index in [0.29, 0.717) is 18.2 Å². The van der Waals surface area contributed by atoms with E-state index in [0.717, 1.165) is 12.2 Å². The Morgan fingerprint density at radius 2 is 2.10 bits per heavy atom. The first-order chi connectivity index (χ1) is 9.69. The largest absolute Gasteiger partial charge is 0.369 e. The molecular weight excluding hydrogens is 256 g/mol. The van der Waals surface area contributed by atoms with Crippen LogP contribution in [0.2, 0.25) is 0 Å². The van der Waals surface area contributed by atoms with Gasteiger partial charge in [-0.2, -0.15) is 0 Å². The third kappa shape index (κ3) is 3.71. The Morgan fingerprint density at radius 3 is 2.75 bits per heavy atom. The average Bonchev–Trinajstić information content (AvgIpc) is 2.46. The van der Waals surface area contributed by atoms with Gasteiger partial charge in [0.1, 0.15) is 17.3 Å². The van der Waals surface area contributed by atoms with Gasteiger partial charge in [0.05, 0.1) is 24.6 Å². The average molecular weight is 272 g/mol. The van der Waals surface area contributed by atoms with Crippen LogP contribution in [0.15, 0.2) is 24.7 Å². The van der Waals surface area contributed by atoms with E-state index in [9.17, 15) is 4.79 Å². The summed E-state index contributed by atoms with van der Waals surface area (Å²) in [5, 5.41) is 5.76. The van der Waals surface area contributed by atoms with Gasteiger partial charge in [-0.3, -0.25) is 4.79 Å². The number of nitrogens with one attached hydrogen (secondary N) is 2. The Balaban J connectivity index is 1.94. The van der Waals surface area contributed by atoms with Crippen LogP contribution in [-0.2, 0) is 6.54 Å². The summed E-state index contributed by atoms with van der Waals surface area (Å²) >= 11 is 0. The molecule has 2 N–H and O–H groups in total. The van der Waals surface area contributed by atoms with E-state index in [1.807, 2.05) is 6.92 Å². The summed E-state index contributed by atoms with van der Waals surface area (Å²) in [6.45, 7) is 4.86. The number of aromatic nitrogens is 4. The third-order valence-corrected chi connectivity index (χ3v) is 2.51. The van der Waals surface area contributed by atoms with Crippen LogP contribution < -0.4 is 10.6 Å². The Kier molecular flexibility index (Phi) is 4.54. The molecule has 0 saturated heterocycles. The maximum Gasteiger partial charge on any atom is 0.271 e. The van der Waals surface area contributed by atoms with Gasteiger partial charge in [0, 0.05) is 12.7 Å². The predicted octanol–water partition coefficient (Wildman–Crippen LogP) is 0.937. The molecule has 2 aromatic rings. The van der Waals surface area contributed by atoms with Crippen molar-refractivity contribution in [1.82, 2.24) is 25.3 Å². The van der Waals surface area contributed by atoms with E-state index >= 15 is 0 Å². The lowest BCUT2D eigenvalue weighted by molar-refractivity contribution is 0.0945. The second kappa shape index (κ2) is 6.55. The van der Waals surface area contributed by atoms with Gasteiger partial charge >= 0.3 is 0 Å². The molecule has 7 nitrogen and oxygen atoms in total. The van der Waals surface area contributed by atoms with Crippen molar-refractivity contribution in [3.63, 3.8) is 0 Å². The van der Waals surface area contributed by atoms with Gasteiger partial charge in [0.15, 0.2) is 0 Å². The van der Waals surface area contributed by atoms with Crippen molar-refractivity contribution in [3.05, 3.63) is 41.9 Å². The summed E-state index contributed by atoms with van der Waals surface area (Å²) in [4.78, 5) is 28.3. The second-order valence-corrected chi connectivity index (χ2v) is 4.10. The van der Waals surface area contributed by atoms with E-state index in [1.54, 1.807) is 19.2 Å². The summed E-state index contributed by atoms with van der Waals surface area (Å²) in [7, 11) is 0. The minimum Gasteiger partial charge on any atom is -0.369 e. The molecule has 0 fully saturated rings. The van der Waals surface area contributed by atoms with Crippen LogP contribution in [0.4, 0.5) is 5.82 Å². The number of amides is 1. The first-order valence-electron chi connectivity index (χ1n) is 6.31. The molecule has 0 bridgehead atoms. The molecule has 1 amide bonds. The van der Waals surface area contributed by atoms with Gasteiger partial charge in [-0.1, -0.05) is 0 Å². The minimum atomic E-state index is -0.281. The van der Waals surface area contributed by atoms with Crippen LogP contribution in [0.1, 0.15) is 28.9 Å². The molecule has 0 spiro atoms. The molecule has 2 heterocycles. The molecule has 0 unspecified atom stereocenters. The highest BCUT2D eigenvalue weighted by Gasteiger charge is 2.08. The molecule has 0 atom stereocenters. The van der Waals surface area contributed by atoms with E-state index in [4.69, 9.17) is 0 Å². The number of hydrogen-bond donors (Lipinski definition) is 2. The summed E-state index contributed by atoms with van der Waals surface area (Å²) in [6, 6.07) is 1.76. The van der Waals surface area contributed by atoms with Crippen LogP contribution in [0.5, 0.6) is 0 Å². The number of aryl methyl sites for hydroxylation is 1. The quantitative estimate of drug-likeness (QED) is 0.841. The van der Waals surface area contributed by atoms with Gasteiger partial charge in [0.25, 0.3) is 5.91 Å². The van der Waals surface area contributed by atoms with Crippen LogP contribution in [0.25, 0.3) is 0 Å². The lowest BCUT2D eigenvalue weighted by Crippen LogP contribution is -2.24. The number of hydrogen-bond acceptors (Lipinski definition) is 6. The van der Waals surface area contributed by atoms with E-state index in [-0.39, 0.29) is 11.6 Å². The van der Waals surface area contributed by atoms with E-state index < -0.39 is 0 Å². The summed E-state index contributed by atoms with van der Waals surface area (Å²) in [5.41, 5.74) is 1.03. The zero-order valence-corrected chi connectivity index (χ0v) is 11.4. The van der Waals surface area contributed by atoms with Crippen molar-refractivity contribution in [2.75, 3.05) is 11.9 Å². The van der Waals surface area contributed by atoms with Crippen molar-refractivity contribution in [2.24, 2.45) is 0 Å². The molecule has 0 aliphatic carbocycles. The smallest absolute Gasteiger partial charge is 0.271 e. The molecular formula is C13H16N6O. The Bertz CT molecular complexity index is 584. The molecule has 20 heavy (non-hydrogen) atoms. The van der Waals surface area contributed by atoms with Gasteiger partial charge in [-0.05, 0) is 19.9 Å². The van der Waals surface area contributed by atoms with Crippen molar-refractivity contribution in [1.29, 1.82) is 0 Å². The molecule has 2 rings (SSSR count). The fourth-order valence-electron chi connectivity index (χ4n) is 1.58. The number of rotatable bonds is 5. The number of carbonyl (C=O) groups is 1. The minimum absolute atomic E-state index is 0.275.